The summed E-state index contributed by atoms with van der Waals surface area (Å²) < 4.78 is 43.7. The quantitative estimate of drug-likeness (QED) is 0.548. The lowest BCUT2D eigenvalue weighted by Gasteiger charge is -2.39. The molecule has 8 heteroatoms. The van der Waals surface area contributed by atoms with Crippen LogP contribution in [0.2, 0.25) is 0 Å². The summed E-state index contributed by atoms with van der Waals surface area (Å²) in [6.45, 7) is 4.10. The highest BCUT2D eigenvalue weighted by molar-refractivity contribution is 6.11. The van der Waals surface area contributed by atoms with Gasteiger partial charge in [0.2, 0.25) is 5.91 Å². The van der Waals surface area contributed by atoms with Gasteiger partial charge in [-0.15, -0.1) is 0 Å². The maximum Gasteiger partial charge on any atom is 0.389 e. The minimum absolute atomic E-state index is 0.214. The van der Waals surface area contributed by atoms with E-state index in [-0.39, 0.29) is 12.5 Å². The average Bonchev–Trinajstić information content (AvgIpc) is 3.03. The van der Waals surface area contributed by atoms with Crippen LogP contribution in [-0.4, -0.2) is 49.0 Å². The fourth-order valence-corrected chi connectivity index (χ4v) is 5.07. The minimum atomic E-state index is -4.41. The number of Topliss-reactive ketones (excluding diaryl/α,β-unsaturated/α-hetero) is 1. The zero-order valence-electron chi connectivity index (χ0n) is 19.2. The van der Waals surface area contributed by atoms with Crippen LogP contribution >= 0.6 is 0 Å². The first-order valence-corrected chi connectivity index (χ1v) is 11.7. The molecule has 4 rings (SSSR count). The number of carbonyl (C=O) groups excluding carboxylic acids is 2. The van der Waals surface area contributed by atoms with Crippen LogP contribution in [0, 0.1) is 0 Å². The average molecular weight is 475 g/mol. The monoisotopic (exact) mass is 474 g/mol. The minimum Gasteiger partial charge on any atom is -0.493 e. The molecular weight excluding hydrogens is 445 g/mol. The van der Waals surface area contributed by atoms with Gasteiger partial charge in [0.15, 0.2) is 5.78 Å². The molecule has 1 saturated heterocycles. The van der Waals surface area contributed by atoms with E-state index in [9.17, 15) is 22.8 Å². The molecule has 2 aromatic rings. The number of carbonyl (C=O) groups is 2. The van der Waals surface area contributed by atoms with Gasteiger partial charge in [-0.1, -0.05) is 36.4 Å². The lowest BCUT2D eigenvalue weighted by atomic mass is 9.73. The summed E-state index contributed by atoms with van der Waals surface area (Å²) in [5.74, 6) is -0.207. The number of hydrogen-bond acceptors (Lipinski definition) is 4. The van der Waals surface area contributed by atoms with Crippen molar-refractivity contribution < 1.29 is 27.5 Å². The van der Waals surface area contributed by atoms with E-state index in [1.54, 1.807) is 12.1 Å². The zero-order chi connectivity index (χ0) is 24.3. The number of halogens is 3. The number of anilines is 1. The van der Waals surface area contributed by atoms with E-state index in [2.05, 4.69) is 17.0 Å². The van der Waals surface area contributed by atoms with Crippen molar-refractivity contribution in [2.75, 3.05) is 31.1 Å². The zero-order valence-corrected chi connectivity index (χ0v) is 19.2. The molecule has 0 aliphatic carbocycles. The van der Waals surface area contributed by atoms with E-state index in [1.165, 1.54) is 10.5 Å². The Labute approximate surface area is 197 Å². The van der Waals surface area contributed by atoms with Crippen molar-refractivity contribution in [1.82, 2.24) is 4.90 Å². The number of likely N-dealkylation sites (tertiary alicyclic amines) is 1. The van der Waals surface area contributed by atoms with Crippen molar-refractivity contribution in [3.8, 4) is 5.75 Å². The van der Waals surface area contributed by atoms with Crippen molar-refractivity contribution >= 4 is 17.4 Å². The molecule has 1 fully saturated rings. The lowest BCUT2D eigenvalue weighted by molar-refractivity contribution is -0.142. The number of amides is 1. The molecule has 1 amide bonds. The third-order valence-corrected chi connectivity index (χ3v) is 6.71. The van der Waals surface area contributed by atoms with E-state index in [0.717, 1.165) is 12.1 Å². The molecule has 2 aliphatic heterocycles. The molecule has 0 radical (unpaired) electrons. The molecule has 0 atom stereocenters. The number of piperidine rings is 1. The molecule has 0 N–H and O–H groups in total. The Kier molecular flexibility index (Phi) is 6.98. The highest BCUT2D eigenvalue weighted by Gasteiger charge is 2.54. The smallest absolute Gasteiger partial charge is 0.389 e. The molecule has 34 heavy (non-hydrogen) atoms. The molecule has 0 saturated carbocycles. The van der Waals surface area contributed by atoms with Gasteiger partial charge in [-0.2, -0.15) is 13.2 Å². The first kappa shape index (κ1) is 24.3. The van der Waals surface area contributed by atoms with Crippen LogP contribution in [0.3, 0.4) is 0 Å². The number of fused-ring (bicyclic) bond motifs is 2. The second-order valence-electron chi connectivity index (χ2n) is 8.97. The topological polar surface area (TPSA) is 49.9 Å². The number of rotatable bonds is 8. The number of ether oxygens (including phenoxy) is 1. The molecule has 0 bridgehead atoms. The predicted octanol–water partition coefficient (Wildman–Crippen LogP) is 4.88. The Bertz CT molecular complexity index is 1030. The Hall–Kier alpha value is -2.87. The van der Waals surface area contributed by atoms with Gasteiger partial charge in [-0.3, -0.25) is 14.5 Å². The van der Waals surface area contributed by atoms with Crippen LogP contribution in [0.25, 0.3) is 0 Å². The Morgan fingerprint density at radius 2 is 1.76 bits per heavy atom. The van der Waals surface area contributed by atoms with Gasteiger partial charge in [-0.05, 0) is 50.6 Å². The van der Waals surface area contributed by atoms with Crippen LogP contribution in [-0.2, 0) is 21.5 Å². The Morgan fingerprint density at radius 1 is 1.06 bits per heavy atom. The van der Waals surface area contributed by atoms with Gasteiger partial charge >= 0.3 is 6.18 Å². The summed E-state index contributed by atoms with van der Waals surface area (Å²) in [6.07, 6.45) is -5.10. The summed E-state index contributed by atoms with van der Waals surface area (Å²) >= 11 is 0. The molecule has 0 unspecified atom stereocenters. The van der Waals surface area contributed by atoms with Crippen molar-refractivity contribution in [3.63, 3.8) is 0 Å². The number of hydrogen-bond donors (Lipinski definition) is 0. The number of ketones is 1. The molecule has 2 aliphatic rings. The molecule has 2 aromatic carbocycles. The molecule has 182 valence electrons. The highest BCUT2D eigenvalue weighted by Crippen LogP contribution is 2.52. The first-order valence-electron chi connectivity index (χ1n) is 11.7. The van der Waals surface area contributed by atoms with E-state index >= 15 is 0 Å². The largest absolute Gasteiger partial charge is 0.493 e. The van der Waals surface area contributed by atoms with Crippen molar-refractivity contribution in [1.29, 1.82) is 0 Å². The first-order chi connectivity index (χ1) is 16.2. The molecule has 0 aromatic heterocycles. The van der Waals surface area contributed by atoms with Gasteiger partial charge in [0.25, 0.3) is 0 Å². The van der Waals surface area contributed by atoms with Crippen molar-refractivity contribution in [2.24, 2.45) is 0 Å². The summed E-state index contributed by atoms with van der Waals surface area (Å²) in [6, 6.07) is 15.5. The fourth-order valence-electron chi connectivity index (χ4n) is 5.07. The number of nitrogens with zero attached hydrogens (tertiary/aromatic N) is 2. The van der Waals surface area contributed by atoms with Gasteiger partial charge in [0.1, 0.15) is 5.75 Å². The standard InChI is InChI=1S/C26H29F3N2O3/c1-2-34-22-10-6-9-21-23(22)25(24(33)31(21)18-20(32)11-12-26(27,28)29)13-15-30(16-14-25)17-19-7-4-3-5-8-19/h3-10H,2,11-18H2,1H3. The van der Waals surface area contributed by atoms with Gasteiger partial charge in [0.05, 0.1) is 30.7 Å². The van der Waals surface area contributed by atoms with E-state index in [4.69, 9.17) is 4.74 Å². The van der Waals surface area contributed by atoms with Crippen LogP contribution in [0.1, 0.15) is 43.7 Å². The molecule has 2 heterocycles. The third-order valence-electron chi connectivity index (χ3n) is 6.71. The summed E-state index contributed by atoms with van der Waals surface area (Å²) in [7, 11) is 0. The molecule has 1 spiro atoms. The summed E-state index contributed by atoms with van der Waals surface area (Å²) in [5.41, 5.74) is 1.71. The predicted molar refractivity (Wildman–Crippen MR) is 123 cm³/mol. The Morgan fingerprint density at radius 3 is 2.41 bits per heavy atom. The maximum atomic E-state index is 13.8. The normalized spacial score (nSPS) is 17.8. The van der Waals surface area contributed by atoms with Crippen molar-refractivity contribution in [3.05, 3.63) is 59.7 Å². The summed E-state index contributed by atoms with van der Waals surface area (Å²) in [5, 5.41) is 0. The van der Waals surface area contributed by atoms with Crippen LogP contribution < -0.4 is 9.64 Å². The van der Waals surface area contributed by atoms with E-state index in [0.29, 0.717) is 44.0 Å². The third kappa shape index (κ3) is 4.97. The van der Waals surface area contributed by atoms with Crippen LogP contribution in [0.5, 0.6) is 5.75 Å². The second-order valence-corrected chi connectivity index (χ2v) is 8.97. The van der Waals surface area contributed by atoms with E-state index < -0.39 is 30.2 Å². The van der Waals surface area contributed by atoms with Crippen LogP contribution in [0.4, 0.5) is 18.9 Å². The van der Waals surface area contributed by atoms with Gasteiger partial charge < -0.3 is 9.64 Å². The SMILES string of the molecule is CCOc1cccc2c1C1(CCN(Cc3ccccc3)CC1)C(=O)N2CC(=O)CCC(F)(F)F. The van der Waals surface area contributed by atoms with Crippen molar-refractivity contribution in [2.45, 2.75) is 50.7 Å². The number of benzene rings is 2. The molecule has 5 nitrogen and oxygen atoms in total. The second kappa shape index (κ2) is 9.78. The highest BCUT2D eigenvalue weighted by atomic mass is 19.4. The van der Waals surface area contributed by atoms with E-state index in [1.807, 2.05) is 31.2 Å². The lowest BCUT2D eigenvalue weighted by Crippen LogP contribution is -2.49. The number of alkyl halides is 3. The maximum absolute atomic E-state index is 13.8. The van der Waals surface area contributed by atoms with Gasteiger partial charge in [-0.25, -0.2) is 0 Å². The fraction of sp³-hybridized carbons (Fsp3) is 0.462. The Balaban J connectivity index is 1.57. The van der Waals surface area contributed by atoms with Gasteiger partial charge in [0, 0.05) is 18.5 Å². The van der Waals surface area contributed by atoms with Crippen LogP contribution in [0.15, 0.2) is 48.5 Å². The molecular formula is C26H29F3N2O3. The summed E-state index contributed by atoms with van der Waals surface area (Å²) in [4.78, 5) is 29.9.